The van der Waals surface area contributed by atoms with Crippen molar-refractivity contribution < 1.29 is 14.3 Å². The molecule has 0 aliphatic carbocycles. The van der Waals surface area contributed by atoms with Gasteiger partial charge in [-0.15, -0.1) is 0 Å². The minimum atomic E-state index is -1.07. The standard InChI is InChI=1S/C12H12FN3O2/c13-11-5-4-9(3-1-2-6-15-16-14)7-10(11)8-12(17)18/h1,3-5,7H,2,6,8H2,(H,17,18). The molecule has 0 aliphatic rings. The molecular formula is C12H12FN3O2. The second kappa shape index (κ2) is 7.09. The Hall–Kier alpha value is -2.33. The average molecular weight is 249 g/mol. The number of aliphatic carboxylic acids is 1. The molecule has 6 heteroatoms. The molecule has 0 atom stereocenters. The van der Waals surface area contributed by atoms with Crippen LogP contribution >= 0.6 is 0 Å². The number of carbonyl (C=O) groups is 1. The third-order valence-corrected chi connectivity index (χ3v) is 2.18. The van der Waals surface area contributed by atoms with Crippen LogP contribution in [0.4, 0.5) is 4.39 Å². The molecule has 18 heavy (non-hydrogen) atoms. The van der Waals surface area contributed by atoms with E-state index in [1.807, 2.05) is 0 Å². The molecule has 0 saturated heterocycles. The molecule has 94 valence electrons. The minimum absolute atomic E-state index is 0.152. The monoisotopic (exact) mass is 249 g/mol. The topological polar surface area (TPSA) is 86.1 Å². The van der Waals surface area contributed by atoms with E-state index in [4.69, 9.17) is 10.6 Å². The lowest BCUT2D eigenvalue weighted by atomic mass is 10.1. The highest BCUT2D eigenvalue weighted by Crippen LogP contribution is 2.13. The molecule has 1 N–H and O–H groups in total. The van der Waals surface area contributed by atoms with Gasteiger partial charge in [-0.2, -0.15) is 0 Å². The lowest BCUT2D eigenvalue weighted by molar-refractivity contribution is -0.136. The van der Waals surface area contributed by atoms with Crippen molar-refractivity contribution in [3.8, 4) is 0 Å². The normalized spacial score (nSPS) is 10.3. The lowest BCUT2D eigenvalue weighted by Crippen LogP contribution is -2.02. The Morgan fingerprint density at radius 2 is 2.33 bits per heavy atom. The Kier molecular flexibility index (Phi) is 5.41. The van der Waals surface area contributed by atoms with Crippen molar-refractivity contribution in [1.29, 1.82) is 0 Å². The summed E-state index contributed by atoms with van der Waals surface area (Å²) in [7, 11) is 0. The predicted octanol–water partition coefficient (Wildman–Crippen LogP) is 3.17. The summed E-state index contributed by atoms with van der Waals surface area (Å²) < 4.78 is 13.3. The molecule has 1 rings (SSSR count). The number of carboxylic acid groups (broad SMARTS) is 1. The number of benzene rings is 1. The molecule has 0 spiro atoms. The number of azide groups is 1. The SMILES string of the molecule is [N-]=[N+]=NCCC=Cc1ccc(F)c(CC(=O)O)c1. The Balaban J connectivity index is 2.72. The van der Waals surface area contributed by atoms with Gasteiger partial charge in [-0.3, -0.25) is 4.79 Å². The summed E-state index contributed by atoms with van der Waals surface area (Å²) in [4.78, 5) is 13.1. The maximum atomic E-state index is 13.3. The number of hydrogen-bond acceptors (Lipinski definition) is 2. The molecule has 1 aromatic rings. The van der Waals surface area contributed by atoms with Crippen LogP contribution in [0.3, 0.4) is 0 Å². The first-order chi connectivity index (χ1) is 8.63. The van der Waals surface area contributed by atoms with Gasteiger partial charge in [-0.25, -0.2) is 4.39 Å². The highest BCUT2D eigenvalue weighted by molar-refractivity contribution is 5.70. The highest BCUT2D eigenvalue weighted by Gasteiger charge is 2.06. The highest BCUT2D eigenvalue weighted by atomic mass is 19.1. The van der Waals surface area contributed by atoms with E-state index in [0.717, 1.165) is 0 Å². The lowest BCUT2D eigenvalue weighted by Gasteiger charge is -2.01. The summed E-state index contributed by atoms with van der Waals surface area (Å²) in [6.07, 6.45) is 3.76. The van der Waals surface area contributed by atoms with Crippen LogP contribution in [0.5, 0.6) is 0 Å². The van der Waals surface area contributed by atoms with Crippen molar-refractivity contribution >= 4 is 12.0 Å². The molecule has 0 aliphatic heterocycles. The Bertz CT molecular complexity index is 508. The first-order valence-electron chi connectivity index (χ1n) is 5.31. The van der Waals surface area contributed by atoms with Gasteiger partial charge >= 0.3 is 5.97 Å². The first kappa shape index (κ1) is 13.7. The van der Waals surface area contributed by atoms with Gasteiger partial charge in [0.05, 0.1) is 6.42 Å². The second-order valence-corrected chi connectivity index (χ2v) is 3.57. The van der Waals surface area contributed by atoms with Gasteiger partial charge in [-0.1, -0.05) is 23.3 Å². The fraction of sp³-hybridized carbons (Fsp3) is 0.250. The molecule has 0 fully saturated rings. The van der Waals surface area contributed by atoms with Crippen LogP contribution in [-0.2, 0) is 11.2 Å². The van der Waals surface area contributed by atoms with Crippen LogP contribution < -0.4 is 0 Å². The van der Waals surface area contributed by atoms with Crippen molar-refractivity contribution in [3.63, 3.8) is 0 Å². The summed E-state index contributed by atoms with van der Waals surface area (Å²) in [5, 5.41) is 12.0. The molecule has 0 bridgehead atoms. The Morgan fingerprint density at radius 1 is 1.56 bits per heavy atom. The van der Waals surface area contributed by atoms with E-state index in [0.29, 0.717) is 18.5 Å². The maximum absolute atomic E-state index is 13.3. The Morgan fingerprint density at radius 3 is 3.00 bits per heavy atom. The summed E-state index contributed by atoms with van der Waals surface area (Å²) in [6, 6.07) is 4.30. The van der Waals surface area contributed by atoms with E-state index in [9.17, 15) is 9.18 Å². The van der Waals surface area contributed by atoms with Crippen molar-refractivity contribution in [2.75, 3.05) is 6.54 Å². The van der Waals surface area contributed by atoms with E-state index in [1.54, 1.807) is 18.2 Å². The van der Waals surface area contributed by atoms with E-state index in [2.05, 4.69) is 10.0 Å². The van der Waals surface area contributed by atoms with E-state index in [-0.39, 0.29) is 12.0 Å². The molecule has 0 aromatic heterocycles. The average Bonchev–Trinajstić information content (AvgIpc) is 2.32. The van der Waals surface area contributed by atoms with Gasteiger partial charge < -0.3 is 5.11 Å². The van der Waals surface area contributed by atoms with Gasteiger partial charge in [0.2, 0.25) is 0 Å². The predicted molar refractivity (Wildman–Crippen MR) is 65.4 cm³/mol. The molecule has 0 radical (unpaired) electrons. The molecule has 5 nitrogen and oxygen atoms in total. The number of carboxylic acids is 1. The van der Waals surface area contributed by atoms with Crippen molar-refractivity contribution in [2.45, 2.75) is 12.8 Å². The van der Waals surface area contributed by atoms with Gasteiger partial charge in [0, 0.05) is 11.5 Å². The van der Waals surface area contributed by atoms with E-state index in [1.165, 1.54) is 12.1 Å². The number of halogens is 1. The summed E-state index contributed by atoms with van der Waals surface area (Å²) in [5.74, 6) is -1.60. The number of rotatable bonds is 6. The third kappa shape index (κ3) is 4.67. The zero-order valence-corrected chi connectivity index (χ0v) is 9.58. The van der Waals surface area contributed by atoms with Crippen LogP contribution in [0, 0.1) is 5.82 Å². The minimum Gasteiger partial charge on any atom is -0.481 e. The van der Waals surface area contributed by atoms with Crippen LogP contribution in [0.1, 0.15) is 17.5 Å². The van der Waals surface area contributed by atoms with Crippen molar-refractivity contribution in [1.82, 2.24) is 0 Å². The molecule has 0 unspecified atom stereocenters. The van der Waals surface area contributed by atoms with Crippen molar-refractivity contribution in [3.05, 3.63) is 51.7 Å². The van der Waals surface area contributed by atoms with Crippen molar-refractivity contribution in [2.24, 2.45) is 5.11 Å². The summed E-state index contributed by atoms with van der Waals surface area (Å²) in [6.45, 7) is 0.357. The number of nitrogens with zero attached hydrogens (tertiary/aromatic N) is 3. The van der Waals surface area contributed by atoms with Crippen LogP contribution in [0.2, 0.25) is 0 Å². The fourth-order valence-electron chi connectivity index (χ4n) is 1.39. The van der Waals surface area contributed by atoms with Crippen LogP contribution in [0.15, 0.2) is 29.4 Å². The quantitative estimate of drug-likeness (QED) is 0.363. The van der Waals surface area contributed by atoms with Gasteiger partial charge in [0.1, 0.15) is 5.82 Å². The van der Waals surface area contributed by atoms with Crippen LogP contribution in [0.25, 0.3) is 16.5 Å². The zero-order valence-electron chi connectivity index (χ0n) is 9.58. The molecule has 0 heterocycles. The van der Waals surface area contributed by atoms with Crippen LogP contribution in [-0.4, -0.2) is 17.6 Å². The van der Waals surface area contributed by atoms with E-state index < -0.39 is 11.8 Å². The largest absolute Gasteiger partial charge is 0.481 e. The van der Waals surface area contributed by atoms with Gasteiger partial charge in [0.15, 0.2) is 0 Å². The molecule has 0 saturated carbocycles. The molecule has 0 amide bonds. The zero-order chi connectivity index (χ0) is 13.4. The smallest absolute Gasteiger partial charge is 0.307 e. The van der Waals surface area contributed by atoms with Gasteiger partial charge in [0.25, 0.3) is 0 Å². The fourth-order valence-corrected chi connectivity index (χ4v) is 1.39. The second-order valence-electron chi connectivity index (χ2n) is 3.57. The van der Waals surface area contributed by atoms with E-state index >= 15 is 0 Å². The Labute approximate surface area is 103 Å². The maximum Gasteiger partial charge on any atom is 0.307 e. The third-order valence-electron chi connectivity index (χ3n) is 2.18. The molecule has 1 aromatic carbocycles. The summed E-state index contributed by atoms with van der Waals surface area (Å²) in [5.41, 5.74) is 8.94. The number of hydrogen-bond donors (Lipinski definition) is 1. The molecular weight excluding hydrogens is 237 g/mol. The first-order valence-corrected chi connectivity index (χ1v) is 5.31. The summed E-state index contributed by atoms with van der Waals surface area (Å²) >= 11 is 0. The van der Waals surface area contributed by atoms with Gasteiger partial charge in [-0.05, 0) is 35.2 Å².